The van der Waals surface area contributed by atoms with Crippen LogP contribution in [0.1, 0.15) is 42.7 Å². The summed E-state index contributed by atoms with van der Waals surface area (Å²) >= 11 is 0. The first-order chi connectivity index (χ1) is 11.2. The largest absolute Gasteiger partial charge is 0.314 e. The molecule has 0 saturated carbocycles. The summed E-state index contributed by atoms with van der Waals surface area (Å²) in [5, 5.41) is 12.2. The van der Waals surface area contributed by atoms with Crippen LogP contribution in [0.15, 0.2) is 24.3 Å². The van der Waals surface area contributed by atoms with Crippen molar-refractivity contribution in [2.24, 2.45) is 0 Å². The van der Waals surface area contributed by atoms with E-state index in [2.05, 4.69) is 63.1 Å². The predicted molar refractivity (Wildman–Crippen MR) is 92.3 cm³/mol. The molecule has 1 unspecified atom stereocenters. The highest BCUT2D eigenvalue weighted by molar-refractivity contribution is 5.26. The van der Waals surface area contributed by atoms with Gasteiger partial charge in [-0.1, -0.05) is 31.2 Å². The van der Waals surface area contributed by atoms with Gasteiger partial charge in [0.1, 0.15) is 11.6 Å². The molecule has 1 N–H and O–H groups in total. The van der Waals surface area contributed by atoms with E-state index in [1.54, 1.807) is 0 Å². The van der Waals surface area contributed by atoms with Crippen LogP contribution in [0, 0.1) is 6.92 Å². The highest BCUT2D eigenvalue weighted by Crippen LogP contribution is 2.24. The van der Waals surface area contributed by atoms with Crippen LogP contribution in [0.2, 0.25) is 0 Å². The van der Waals surface area contributed by atoms with E-state index in [9.17, 15) is 0 Å². The monoisotopic (exact) mass is 313 g/mol. The molecule has 2 aromatic rings. The minimum absolute atomic E-state index is 0.400. The maximum Gasteiger partial charge on any atom is 0.147 e. The molecule has 3 rings (SSSR count). The molecule has 1 saturated heterocycles. The highest BCUT2D eigenvalue weighted by atomic mass is 15.3. The van der Waals surface area contributed by atoms with Gasteiger partial charge in [0, 0.05) is 32.2 Å². The summed E-state index contributed by atoms with van der Waals surface area (Å²) in [6, 6.07) is 9.46. The Labute approximate surface area is 138 Å². The molecule has 124 valence electrons. The van der Waals surface area contributed by atoms with Gasteiger partial charge < -0.3 is 9.88 Å². The van der Waals surface area contributed by atoms with Gasteiger partial charge in [-0.05, 0) is 31.4 Å². The number of hydrogen-bond acceptors (Lipinski definition) is 4. The minimum atomic E-state index is 0.400. The van der Waals surface area contributed by atoms with Gasteiger partial charge in [0.05, 0.1) is 6.54 Å². The summed E-state index contributed by atoms with van der Waals surface area (Å²) in [5.74, 6) is 2.07. The normalized spacial score (nSPS) is 19.2. The molecular weight excluding hydrogens is 286 g/mol. The van der Waals surface area contributed by atoms with Gasteiger partial charge in [-0.15, -0.1) is 10.2 Å². The molecule has 0 bridgehead atoms. The van der Waals surface area contributed by atoms with Crippen molar-refractivity contribution in [2.45, 2.75) is 46.3 Å². The Morgan fingerprint density at radius 2 is 1.96 bits per heavy atom. The van der Waals surface area contributed by atoms with Gasteiger partial charge in [-0.3, -0.25) is 4.90 Å². The number of hydrogen-bond donors (Lipinski definition) is 1. The van der Waals surface area contributed by atoms with Crippen LogP contribution in [0.5, 0.6) is 0 Å². The molecule has 5 nitrogen and oxygen atoms in total. The van der Waals surface area contributed by atoms with Gasteiger partial charge in [0.15, 0.2) is 0 Å². The summed E-state index contributed by atoms with van der Waals surface area (Å²) in [6.45, 7) is 11.2. The zero-order valence-corrected chi connectivity index (χ0v) is 14.4. The van der Waals surface area contributed by atoms with Crippen LogP contribution in [0.25, 0.3) is 0 Å². The molecule has 23 heavy (non-hydrogen) atoms. The van der Waals surface area contributed by atoms with E-state index in [4.69, 9.17) is 0 Å². The van der Waals surface area contributed by atoms with Gasteiger partial charge in [-0.2, -0.15) is 0 Å². The molecular formula is C18H27N5. The number of nitrogens with one attached hydrogen (secondary N) is 1. The van der Waals surface area contributed by atoms with Crippen LogP contribution in [0.4, 0.5) is 0 Å². The molecule has 1 aromatic carbocycles. The zero-order valence-electron chi connectivity index (χ0n) is 14.4. The molecule has 1 fully saturated rings. The van der Waals surface area contributed by atoms with E-state index >= 15 is 0 Å². The number of benzene rings is 1. The van der Waals surface area contributed by atoms with E-state index in [0.717, 1.165) is 50.8 Å². The molecule has 1 aromatic heterocycles. The van der Waals surface area contributed by atoms with Crippen molar-refractivity contribution in [3.05, 3.63) is 47.0 Å². The number of aromatic nitrogens is 3. The maximum absolute atomic E-state index is 4.39. The standard InChI is InChI=1S/C18H27N5/c1-4-15-6-8-16(9-7-15)17-12-19-10-11-22(17)13-18-21-20-14(3)23(18)5-2/h6-9,17,19H,4-5,10-13H2,1-3H3. The number of aryl methyl sites for hydroxylation is 2. The summed E-state index contributed by atoms with van der Waals surface area (Å²) in [4.78, 5) is 2.52. The van der Waals surface area contributed by atoms with Crippen molar-refractivity contribution in [3.63, 3.8) is 0 Å². The average molecular weight is 313 g/mol. The Morgan fingerprint density at radius 1 is 1.17 bits per heavy atom. The van der Waals surface area contributed by atoms with Crippen LogP contribution in [-0.2, 0) is 19.5 Å². The summed E-state index contributed by atoms with van der Waals surface area (Å²) < 4.78 is 2.21. The first-order valence-corrected chi connectivity index (χ1v) is 8.65. The fourth-order valence-electron chi connectivity index (χ4n) is 3.37. The second-order valence-corrected chi connectivity index (χ2v) is 6.19. The van der Waals surface area contributed by atoms with Gasteiger partial charge in [-0.25, -0.2) is 0 Å². The molecule has 0 aliphatic carbocycles. The zero-order chi connectivity index (χ0) is 16.2. The number of piperazine rings is 1. The fourth-order valence-corrected chi connectivity index (χ4v) is 3.37. The van der Waals surface area contributed by atoms with Crippen molar-refractivity contribution in [1.29, 1.82) is 0 Å². The van der Waals surface area contributed by atoms with Gasteiger partial charge in [0.2, 0.25) is 0 Å². The summed E-state index contributed by atoms with van der Waals surface area (Å²) in [7, 11) is 0. The Hall–Kier alpha value is -1.72. The molecule has 2 heterocycles. The van der Waals surface area contributed by atoms with Crippen molar-refractivity contribution in [1.82, 2.24) is 25.0 Å². The van der Waals surface area contributed by atoms with Gasteiger partial charge >= 0.3 is 0 Å². The Kier molecular flexibility index (Phi) is 5.08. The van der Waals surface area contributed by atoms with Crippen LogP contribution in [0.3, 0.4) is 0 Å². The second-order valence-electron chi connectivity index (χ2n) is 6.19. The SMILES string of the molecule is CCc1ccc(C2CNCCN2Cc2nnc(C)n2CC)cc1. The first-order valence-electron chi connectivity index (χ1n) is 8.65. The third kappa shape index (κ3) is 3.46. The van der Waals surface area contributed by atoms with E-state index in [0.29, 0.717) is 6.04 Å². The Balaban J connectivity index is 1.80. The van der Waals surface area contributed by atoms with E-state index in [-0.39, 0.29) is 0 Å². The third-order valence-corrected chi connectivity index (χ3v) is 4.80. The Morgan fingerprint density at radius 3 is 2.65 bits per heavy atom. The average Bonchev–Trinajstić information content (AvgIpc) is 2.95. The molecule has 0 radical (unpaired) electrons. The van der Waals surface area contributed by atoms with Crippen molar-refractivity contribution in [3.8, 4) is 0 Å². The van der Waals surface area contributed by atoms with Gasteiger partial charge in [0.25, 0.3) is 0 Å². The molecule has 5 heteroatoms. The van der Waals surface area contributed by atoms with Crippen LogP contribution >= 0.6 is 0 Å². The predicted octanol–water partition coefficient (Wildman–Crippen LogP) is 2.32. The first kappa shape index (κ1) is 16.1. The van der Waals surface area contributed by atoms with Crippen LogP contribution in [-0.4, -0.2) is 39.3 Å². The van der Waals surface area contributed by atoms with Crippen molar-refractivity contribution >= 4 is 0 Å². The van der Waals surface area contributed by atoms with Crippen LogP contribution < -0.4 is 5.32 Å². The van der Waals surface area contributed by atoms with E-state index in [1.807, 2.05) is 6.92 Å². The fraction of sp³-hybridized carbons (Fsp3) is 0.556. The lowest BCUT2D eigenvalue weighted by Crippen LogP contribution is -2.45. The molecule has 1 aliphatic heterocycles. The quantitative estimate of drug-likeness (QED) is 0.920. The smallest absolute Gasteiger partial charge is 0.147 e. The number of rotatable bonds is 5. The molecule has 1 aliphatic rings. The van der Waals surface area contributed by atoms with E-state index in [1.165, 1.54) is 11.1 Å². The van der Waals surface area contributed by atoms with Crippen molar-refractivity contribution in [2.75, 3.05) is 19.6 Å². The maximum atomic E-state index is 4.39. The number of nitrogens with zero attached hydrogens (tertiary/aromatic N) is 4. The molecule has 1 atom stereocenters. The molecule has 0 amide bonds. The topological polar surface area (TPSA) is 46.0 Å². The lowest BCUT2D eigenvalue weighted by atomic mass is 10.0. The van der Waals surface area contributed by atoms with Crippen molar-refractivity contribution < 1.29 is 0 Å². The third-order valence-electron chi connectivity index (χ3n) is 4.80. The summed E-state index contributed by atoms with van der Waals surface area (Å²) in [5.41, 5.74) is 2.78. The second kappa shape index (κ2) is 7.23. The highest BCUT2D eigenvalue weighted by Gasteiger charge is 2.25. The minimum Gasteiger partial charge on any atom is -0.314 e. The van der Waals surface area contributed by atoms with E-state index < -0.39 is 0 Å². The molecule has 0 spiro atoms. The Bertz CT molecular complexity index is 631. The lowest BCUT2D eigenvalue weighted by molar-refractivity contribution is 0.148. The lowest BCUT2D eigenvalue weighted by Gasteiger charge is -2.36. The summed E-state index contributed by atoms with van der Waals surface area (Å²) in [6.07, 6.45) is 1.09.